The Kier molecular flexibility index (Phi) is 4.52. The van der Waals surface area contributed by atoms with Crippen LogP contribution < -0.4 is 26.4 Å². The zero-order valence-electron chi connectivity index (χ0n) is 16.4. The summed E-state index contributed by atoms with van der Waals surface area (Å²) in [5.41, 5.74) is 7.67. The smallest absolute Gasteiger partial charge is 0.240 e. The second-order valence-electron chi connectivity index (χ2n) is 8.00. The molecular formula is C22H23N5O3. The Balaban J connectivity index is 1.42. The van der Waals surface area contributed by atoms with Gasteiger partial charge in [-0.3, -0.25) is 19.8 Å². The van der Waals surface area contributed by atoms with E-state index < -0.39 is 5.41 Å². The summed E-state index contributed by atoms with van der Waals surface area (Å²) in [7, 11) is 0. The number of rotatable bonds is 4. The van der Waals surface area contributed by atoms with E-state index in [0.717, 1.165) is 11.1 Å². The number of hydrogen-bond acceptors (Lipinski definition) is 5. The minimum atomic E-state index is -0.972. The highest BCUT2D eigenvalue weighted by Crippen LogP contribution is 2.51. The molecule has 3 unspecified atom stereocenters. The first-order valence-electron chi connectivity index (χ1n) is 10.1. The fourth-order valence-corrected chi connectivity index (χ4v) is 4.94. The van der Waals surface area contributed by atoms with Crippen molar-refractivity contribution >= 4 is 23.4 Å². The molecule has 3 heterocycles. The number of amides is 3. The molecule has 3 aliphatic rings. The number of anilines is 1. The first-order chi connectivity index (χ1) is 14.6. The molecule has 2 saturated heterocycles. The van der Waals surface area contributed by atoms with Gasteiger partial charge >= 0.3 is 0 Å². The highest BCUT2D eigenvalue weighted by atomic mass is 16.2. The number of hydrogen-bond donors (Lipinski definition) is 4. The van der Waals surface area contributed by atoms with Crippen LogP contribution in [-0.2, 0) is 26.3 Å². The monoisotopic (exact) mass is 405 g/mol. The highest BCUT2D eigenvalue weighted by Gasteiger charge is 2.61. The minimum Gasteiger partial charge on any atom is -0.350 e. The van der Waals surface area contributed by atoms with Gasteiger partial charge in [0.2, 0.25) is 17.7 Å². The lowest BCUT2D eigenvalue weighted by molar-refractivity contribution is -0.136. The Morgan fingerprint density at radius 3 is 2.70 bits per heavy atom. The maximum Gasteiger partial charge on any atom is 0.240 e. The summed E-state index contributed by atoms with van der Waals surface area (Å²) < 4.78 is 0. The molecule has 1 spiro atoms. The first-order valence-corrected chi connectivity index (χ1v) is 10.1. The largest absolute Gasteiger partial charge is 0.350 e. The predicted octanol–water partition coefficient (Wildman–Crippen LogP) is 0.157. The van der Waals surface area contributed by atoms with E-state index in [0.29, 0.717) is 18.8 Å². The van der Waals surface area contributed by atoms with Gasteiger partial charge in [0, 0.05) is 31.1 Å². The molecule has 0 aromatic heterocycles. The quantitative estimate of drug-likeness (QED) is 0.580. The molecule has 4 N–H and O–H groups in total. The molecule has 3 aliphatic heterocycles. The van der Waals surface area contributed by atoms with Crippen molar-refractivity contribution in [2.45, 2.75) is 24.5 Å². The Morgan fingerprint density at radius 2 is 1.87 bits per heavy atom. The number of carbonyl (C=O) groups is 3. The van der Waals surface area contributed by atoms with Gasteiger partial charge in [-0.2, -0.15) is 0 Å². The lowest BCUT2D eigenvalue weighted by atomic mass is 9.65. The van der Waals surface area contributed by atoms with Gasteiger partial charge in [0.25, 0.3) is 0 Å². The van der Waals surface area contributed by atoms with Crippen LogP contribution in [0.2, 0.25) is 0 Å². The number of carbonyl (C=O) groups excluding carboxylic acids is 3. The summed E-state index contributed by atoms with van der Waals surface area (Å²) >= 11 is 0. The fraction of sp³-hybridized carbons (Fsp3) is 0.318. The second-order valence-corrected chi connectivity index (χ2v) is 8.00. The SMILES string of the molecule is O=C(CN1C(=O)C2(CC(=O)NC3NNCC32)c2ccccc21)NCc1ccccc1. The van der Waals surface area contributed by atoms with Crippen LogP contribution >= 0.6 is 0 Å². The normalized spacial score (nSPS) is 27.0. The van der Waals surface area contributed by atoms with Crippen LogP contribution in [0.25, 0.3) is 0 Å². The molecule has 0 saturated carbocycles. The number of nitrogens with zero attached hydrogens (tertiary/aromatic N) is 1. The molecule has 0 radical (unpaired) electrons. The number of benzene rings is 2. The van der Waals surface area contributed by atoms with Crippen molar-refractivity contribution in [3.8, 4) is 0 Å². The lowest BCUT2D eigenvalue weighted by Crippen LogP contribution is -2.62. The van der Waals surface area contributed by atoms with Crippen molar-refractivity contribution in [1.82, 2.24) is 21.5 Å². The number of para-hydroxylation sites is 1. The third kappa shape index (κ3) is 2.88. The molecule has 0 aliphatic carbocycles. The fourth-order valence-electron chi connectivity index (χ4n) is 4.94. The van der Waals surface area contributed by atoms with Gasteiger partial charge in [0.15, 0.2) is 0 Å². The Hall–Kier alpha value is -3.23. The molecule has 5 rings (SSSR count). The molecule has 8 nitrogen and oxygen atoms in total. The van der Waals surface area contributed by atoms with Crippen LogP contribution in [0.1, 0.15) is 17.5 Å². The molecule has 3 amide bonds. The van der Waals surface area contributed by atoms with Gasteiger partial charge in [-0.1, -0.05) is 48.5 Å². The van der Waals surface area contributed by atoms with Gasteiger partial charge in [-0.05, 0) is 17.2 Å². The molecule has 8 heteroatoms. The highest BCUT2D eigenvalue weighted by molar-refractivity contribution is 6.13. The number of fused-ring (bicyclic) bond motifs is 4. The van der Waals surface area contributed by atoms with Crippen molar-refractivity contribution in [3.63, 3.8) is 0 Å². The zero-order chi connectivity index (χ0) is 20.7. The van der Waals surface area contributed by atoms with Crippen LogP contribution in [0, 0.1) is 5.92 Å². The van der Waals surface area contributed by atoms with Gasteiger partial charge in [0.1, 0.15) is 6.54 Å². The van der Waals surface area contributed by atoms with Crippen molar-refractivity contribution < 1.29 is 14.4 Å². The van der Waals surface area contributed by atoms with Crippen LogP contribution in [0.4, 0.5) is 5.69 Å². The maximum atomic E-state index is 13.7. The summed E-state index contributed by atoms with van der Waals surface area (Å²) in [4.78, 5) is 40.4. The lowest BCUT2D eigenvalue weighted by Gasteiger charge is -2.40. The number of hydrazine groups is 1. The molecule has 2 aromatic carbocycles. The zero-order valence-corrected chi connectivity index (χ0v) is 16.4. The van der Waals surface area contributed by atoms with Gasteiger partial charge in [-0.25, -0.2) is 5.43 Å². The van der Waals surface area contributed by atoms with Crippen molar-refractivity contribution in [1.29, 1.82) is 0 Å². The van der Waals surface area contributed by atoms with E-state index >= 15 is 0 Å². The average Bonchev–Trinajstić information content (AvgIpc) is 3.32. The summed E-state index contributed by atoms with van der Waals surface area (Å²) in [5, 5.41) is 5.80. The van der Waals surface area contributed by atoms with E-state index in [1.807, 2.05) is 54.6 Å². The summed E-state index contributed by atoms with van der Waals surface area (Å²) in [6.07, 6.45) is -0.245. The van der Waals surface area contributed by atoms with E-state index in [-0.39, 0.29) is 42.8 Å². The third-order valence-corrected chi connectivity index (χ3v) is 6.31. The van der Waals surface area contributed by atoms with E-state index in [1.165, 1.54) is 4.90 Å². The summed E-state index contributed by atoms with van der Waals surface area (Å²) in [6, 6.07) is 17.1. The molecule has 154 valence electrons. The summed E-state index contributed by atoms with van der Waals surface area (Å²) in [6.45, 7) is 0.874. The maximum absolute atomic E-state index is 13.7. The molecule has 2 aromatic rings. The Labute approximate surface area is 174 Å². The molecular weight excluding hydrogens is 382 g/mol. The van der Waals surface area contributed by atoms with E-state index in [4.69, 9.17) is 0 Å². The van der Waals surface area contributed by atoms with E-state index in [9.17, 15) is 14.4 Å². The second kappa shape index (κ2) is 7.23. The van der Waals surface area contributed by atoms with Gasteiger partial charge in [0.05, 0.1) is 11.6 Å². The van der Waals surface area contributed by atoms with Crippen molar-refractivity contribution in [3.05, 3.63) is 65.7 Å². The van der Waals surface area contributed by atoms with Crippen molar-refractivity contribution in [2.24, 2.45) is 5.92 Å². The average molecular weight is 405 g/mol. The van der Waals surface area contributed by atoms with Gasteiger partial charge in [-0.15, -0.1) is 0 Å². The number of nitrogens with one attached hydrogen (secondary N) is 4. The van der Waals surface area contributed by atoms with Crippen LogP contribution in [-0.4, -0.2) is 37.0 Å². The van der Waals surface area contributed by atoms with Crippen molar-refractivity contribution in [2.75, 3.05) is 18.0 Å². The van der Waals surface area contributed by atoms with E-state index in [2.05, 4.69) is 21.5 Å². The Morgan fingerprint density at radius 1 is 1.10 bits per heavy atom. The Bertz CT molecular complexity index is 1010. The molecule has 0 bridgehead atoms. The topological polar surface area (TPSA) is 103 Å². The first kappa shape index (κ1) is 18.8. The van der Waals surface area contributed by atoms with Gasteiger partial charge < -0.3 is 15.5 Å². The molecule has 30 heavy (non-hydrogen) atoms. The minimum absolute atomic E-state index is 0.0789. The summed E-state index contributed by atoms with van der Waals surface area (Å²) in [5.74, 6) is -0.736. The van der Waals surface area contributed by atoms with E-state index in [1.54, 1.807) is 0 Å². The standard InChI is InChI=1S/C22H23N5O3/c28-18-10-22(16-12-24-26-20(16)25-18)15-8-4-5-9-17(15)27(21(22)30)13-19(29)23-11-14-6-2-1-3-7-14/h1-9,16,20,24,26H,10-13H2,(H,23,29)(H,25,28). The van der Waals surface area contributed by atoms with Crippen LogP contribution in [0.5, 0.6) is 0 Å². The van der Waals surface area contributed by atoms with Crippen LogP contribution in [0.15, 0.2) is 54.6 Å². The van der Waals surface area contributed by atoms with Crippen LogP contribution in [0.3, 0.4) is 0 Å². The third-order valence-electron chi connectivity index (χ3n) is 6.31. The molecule has 3 atom stereocenters. The number of piperidine rings is 1. The predicted molar refractivity (Wildman–Crippen MR) is 110 cm³/mol. The molecule has 2 fully saturated rings.